The van der Waals surface area contributed by atoms with Crippen LogP contribution in [0.2, 0.25) is 15.1 Å². The maximum absolute atomic E-state index is 13.6. The van der Waals surface area contributed by atoms with E-state index in [1.807, 2.05) is 61.5 Å². The maximum atomic E-state index is 13.6. The van der Waals surface area contributed by atoms with Crippen molar-refractivity contribution in [1.29, 1.82) is 0 Å². The average Bonchev–Trinajstić information content (AvgIpc) is 2.84. The first-order chi connectivity index (χ1) is 16.9. The lowest BCUT2D eigenvalue weighted by molar-refractivity contribution is -0.139. The Morgan fingerprint density at radius 3 is 2.31 bits per heavy atom. The van der Waals surface area contributed by atoms with E-state index in [1.54, 1.807) is 23.1 Å². The Bertz CT molecular complexity index is 1140. The first kappa shape index (κ1) is 27.4. The van der Waals surface area contributed by atoms with Crippen molar-refractivity contribution in [2.75, 3.05) is 12.3 Å². The van der Waals surface area contributed by atoms with Crippen molar-refractivity contribution in [1.82, 2.24) is 10.2 Å². The van der Waals surface area contributed by atoms with Gasteiger partial charge in [-0.3, -0.25) is 9.59 Å². The Kier molecular flexibility index (Phi) is 10.8. The second kappa shape index (κ2) is 13.8. The molecule has 0 spiro atoms. The topological polar surface area (TPSA) is 49.4 Å². The molecule has 3 aromatic carbocycles. The van der Waals surface area contributed by atoms with Gasteiger partial charge in [0.1, 0.15) is 6.04 Å². The van der Waals surface area contributed by atoms with Crippen molar-refractivity contribution in [3.63, 3.8) is 0 Å². The normalized spacial score (nSPS) is 11.7. The number of hydrogen-bond donors (Lipinski definition) is 1. The number of halogens is 3. The molecule has 0 radical (unpaired) electrons. The van der Waals surface area contributed by atoms with E-state index in [9.17, 15) is 9.59 Å². The Morgan fingerprint density at radius 1 is 0.914 bits per heavy atom. The van der Waals surface area contributed by atoms with Gasteiger partial charge in [-0.1, -0.05) is 89.4 Å². The van der Waals surface area contributed by atoms with Gasteiger partial charge in [0.05, 0.1) is 5.75 Å². The van der Waals surface area contributed by atoms with Crippen LogP contribution in [0.25, 0.3) is 0 Å². The van der Waals surface area contributed by atoms with Crippen LogP contribution in [0.4, 0.5) is 0 Å². The standard InChI is InChI=1S/C27H27Cl3N2O2S/c1-2-31-27(34)25(14-19-8-4-3-5-9-19)32(16-20-12-13-22(28)15-24(20)30)26(33)18-35-17-21-10-6-7-11-23(21)29/h3-13,15,25H,2,14,16-18H2,1H3,(H,31,34). The lowest BCUT2D eigenvalue weighted by Gasteiger charge is -2.31. The summed E-state index contributed by atoms with van der Waals surface area (Å²) in [6.45, 7) is 2.52. The average molecular weight is 550 g/mol. The van der Waals surface area contributed by atoms with Crippen LogP contribution in [0.3, 0.4) is 0 Å². The molecule has 3 rings (SSSR count). The summed E-state index contributed by atoms with van der Waals surface area (Å²) in [6.07, 6.45) is 0.388. The number of nitrogens with zero attached hydrogens (tertiary/aromatic N) is 1. The van der Waals surface area contributed by atoms with Crippen molar-refractivity contribution in [3.8, 4) is 0 Å². The van der Waals surface area contributed by atoms with Crippen LogP contribution < -0.4 is 5.32 Å². The lowest BCUT2D eigenvalue weighted by Crippen LogP contribution is -2.51. The van der Waals surface area contributed by atoms with Crippen LogP contribution in [0, 0.1) is 0 Å². The monoisotopic (exact) mass is 548 g/mol. The molecule has 4 nitrogen and oxygen atoms in total. The Hall–Kier alpha value is -2.18. The zero-order chi connectivity index (χ0) is 25.2. The number of benzene rings is 3. The molecule has 0 fully saturated rings. The minimum atomic E-state index is -0.697. The van der Waals surface area contributed by atoms with Crippen molar-refractivity contribution in [3.05, 3.63) is 105 Å². The van der Waals surface area contributed by atoms with Gasteiger partial charge in [0, 0.05) is 40.3 Å². The third kappa shape index (κ3) is 8.18. The SMILES string of the molecule is CCNC(=O)C(Cc1ccccc1)N(Cc1ccc(Cl)cc1Cl)C(=O)CSCc1ccccc1Cl. The van der Waals surface area contributed by atoms with Crippen LogP contribution >= 0.6 is 46.6 Å². The van der Waals surface area contributed by atoms with Crippen molar-refractivity contribution in [2.24, 2.45) is 0 Å². The Balaban J connectivity index is 1.86. The first-order valence-corrected chi connectivity index (χ1v) is 13.5. The van der Waals surface area contributed by atoms with E-state index in [1.165, 1.54) is 11.8 Å². The molecule has 0 heterocycles. The van der Waals surface area contributed by atoms with Gasteiger partial charge in [0.2, 0.25) is 11.8 Å². The molecule has 0 aromatic heterocycles. The molecule has 0 aliphatic carbocycles. The molecule has 0 bridgehead atoms. The fourth-order valence-electron chi connectivity index (χ4n) is 3.63. The van der Waals surface area contributed by atoms with Gasteiger partial charge in [0.15, 0.2) is 0 Å². The minimum Gasteiger partial charge on any atom is -0.355 e. The Morgan fingerprint density at radius 2 is 1.63 bits per heavy atom. The van der Waals surface area contributed by atoms with E-state index in [0.29, 0.717) is 33.8 Å². The molecule has 0 saturated heterocycles. The molecule has 3 aromatic rings. The number of carbonyl (C=O) groups is 2. The second-order valence-corrected chi connectivity index (χ2v) is 10.2. The summed E-state index contributed by atoms with van der Waals surface area (Å²) in [6, 6.07) is 21.7. The molecule has 1 unspecified atom stereocenters. The van der Waals surface area contributed by atoms with Gasteiger partial charge >= 0.3 is 0 Å². The molecular weight excluding hydrogens is 523 g/mol. The smallest absolute Gasteiger partial charge is 0.243 e. The van der Waals surface area contributed by atoms with Gasteiger partial charge < -0.3 is 10.2 Å². The van der Waals surface area contributed by atoms with Crippen LogP contribution in [-0.2, 0) is 28.3 Å². The number of carbonyl (C=O) groups excluding carboxylic acids is 2. The summed E-state index contributed by atoms with van der Waals surface area (Å²) in [5, 5.41) is 4.52. The van der Waals surface area contributed by atoms with Crippen molar-refractivity contribution in [2.45, 2.75) is 31.7 Å². The molecule has 0 aliphatic heterocycles. The molecule has 1 N–H and O–H groups in total. The van der Waals surface area contributed by atoms with Gasteiger partial charge in [0.25, 0.3) is 0 Å². The number of thioether (sulfide) groups is 1. The van der Waals surface area contributed by atoms with Crippen LogP contribution in [0.1, 0.15) is 23.6 Å². The van der Waals surface area contributed by atoms with Crippen molar-refractivity contribution < 1.29 is 9.59 Å². The highest BCUT2D eigenvalue weighted by molar-refractivity contribution is 7.99. The van der Waals surface area contributed by atoms with E-state index in [4.69, 9.17) is 34.8 Å². The third-order valence-corrected chi connectivity index (χ3v) is 7.34. The van der Waals surface area contributed by atoms with Gasteiger partial charge in [-0.15, -0.1) is 11.8 Å². The van der Waals surface area contributed by atoms with Crippen LogP contribution in [0.15, 0.2) is 72.8 Å². The zero-order valence-electron chi connectivity index (χ0n) is 19.3. The second-order valence-electron chi connectivity index (χ2n) is 7.94. The van der Waals surface area contributed by atoms with Crippen LogP contribution in [-0.4, -0.2) is 35.1 Å². The first-order valence-electron chi connectivity index (χ1n) is 11.2. The lowest BCUT2D eigenvalue weighted by atomic mass is 10.0. The van der Waals surface area contributed by atoms with Gasteiger partial charge in [-0.25, -0.2) is 0 Å². The molecule has 8 heteroatoms. The predicted octanol–water partition coefficient (Wildman–Crippen LogP) is 6.66. The summed E-state index contributed by atoms with van der Waals surface area (Å²) >= 11 is 20.2. The summed E-state index contributed by atoms with van der Waals surface area (Å²) < 4.78 is 0. The highest BCUT2D eigenvalue weighted by atomic mass is 35.5. The maximum Gasteiger partial charge on any atom is 0.243 e. The summed E-state index contributed by atoms with van der Waals surface area (Å²) in [5.41, 5.74) is 2.65. The zero-order valence-corrected chi connectivity index (χ0v) is 22.4. The predicted molar refractivity (Wildman–Crippen MR) is 147 cm³/mol. The molecule has 0 aliphatic rings. The van der Waals surface area contributed by atoms with Gasteiger partial charge in [-0.2, -0.15) is 0 Å². The summed E-state index contributed by atoms with van der Waals surface area (Å²) in [7, 11) is 0. The molecule has 0 saturated carbocycles. The van der Waals surface area contributed by atoms with Crippen molar-refractivity contribution >= 4 is 58.4 Å². The number of nitrogens with one attached hydrogen (secondary N) is 1. The quantitative estimate of drug-likeness (QED) is 0.291. The summed E-state index contributed by atoms with van der Waals surface area (Å²) in [4.78, 5) is 28.4. The van der Waals surface area contributed by atoms with E-state index in [-0.39, 0.29) is 24.1 Å². The molecule has 1 atom stereocenters. The molecule has 184 valence electrons. The highest BCUT2D eigenvalue weighted by Gasteiger charge is 2.30. The highest BCUT2D eigenvalue weighted by Crippen LogP contribution is 2.26. The number of hydrogen-bond acceptors (Lipinski definition) is 3. The Labute approximate surface area is 225 Å². The largest absolute Gasteiger partial charge is 0.355 e. The third-order valence-electron chi connectivity index (χ3n) is 5.42. The van der Waals surface area contributed by atoms with Crippen LogP contribution in [0.5, 0.6) is 0 Å². The van der Waals surface area contributed by atoms with E-state index < -0.39 is 6.04 Å². The number of rotatable bonds is 11. The summed E-state index contributed by atoms with van der Waals surface area (Å²) in [5.74, 6) is 0.429. The fourth-order valence-corrected chi connectivity index (χ4v) is 5.29. The fraction of sp³-hybridized carbons (Fsp3) is 0.259. The van der Waals surface area contributed by atoms with E-state index in [2.05, 4.69) is 5.32 Å². The van der Waals surface area contributed by atoms with E-state index in [0.717, 1.165) is 16.7 Å². The van der Waals surface area contributed by atoms with E-state index >= 15 is 0 Å². The van der Waals surface area contributed by atoms with Gasteiger partial charge in [-0.05, 0) is 41.8 Å². The number of amides is 2. The molecule has 35 heavy (non-hydrogen) atoms. The molecule has 2 amide bonds. The molecular formula is C27H27Cl3N2O2S. The number of likely N-dealkylation sites (N-methyl/N-ethyl adjacent to an activating group) is 1. The minimum absolute atomic E-state index is 0.153.